The molecule has 0 radical (unpaired) electrons. The van der Waals surface area contributed by atoms with E-state index in [-0.39, 0.29) is 0 Å². The first-order valence-electron chi connectivity index (χ1n) is 5.32. The average Bonchev–Trinajstić information content (AvgIpc) is 2.38. The minimum absolute atomic E-state index is 0.417. The Morgan fingerprint density at radius 1 is 1.29 bits per heavy atom. The normalized spacial score (nSPS) is 11.7. The van der Waals surface area contributed by atoms with Crippen molar-refractivity contribution in [1.82, 2.24) is 0 Å². The summed E-state index contributed by atoms with van der Waals surface area (Å²) in [5.74, 6) is 6.40. The summed E-state index contributed by atoms with van der Waals surface area (Å²) in [6.45, 7) is 0. The largest absolute Gasteiger partial charge is 0.497 e. The van der Waals surface area contributed by atoms with Crippen LogP contribution in [0, 0.1) is 0 Å². The molecule has 17 heavy (non-hydrogen) atoms. The van der Waals surface area contributed by atoms with E-state index in [1.807, 2.05) is 36.4 Å². The third kappa shape index (κ3) is 2.30. The molecule has 0 saturated heterocycles. The van der Waals surface area contributed by atoms with E-state index < -0.39 is 0 Å². The van der Waals surface area contributed by atoms with Crippen molar-refractivity contribution in [3.05, 3.63) is 42.0 Å². The summed E-state index contributed by atoms with van der Waals surface area (Å²) in [5, 5.41) is 5.75. The minimum Gasteiger partial charge on any atom is -0.497 e. The van der Waals surface area contributed by atoms with Crippen molar-refractivity contribution < 1.29 is 4.74 Å². The molecule has 0 aliphatic rings. The predicted octanol–water partition coefficient (Wildman–Crippen LogP) is 1.62. The van der Waals surface area contributed by atoms with Gasteiger partial charge in [0.15, 0.2) is 0 Å². The van der Waals surface area contributed by atoms with Crippen LogP contribution in [0.2, 0.25) is 0 Å². The summed E-state index contributed by atoms with van der Waals surface area (Å²) >= 11 is 0. The first kappa shape index (κ1) is 11.3. The maximum atomic E-state index is 5.66. The number of rotatable bonds is 3. The number of benzene rings is 2. The molecule has 2 rings (SSSR count). The van der Waals surface area contributed by atoms with Gasteiger partial charge in [0, 0.05) is 6.42 Å². The first-order valence-corrected chi connectivity index (χ1v) is 5.32. The Labute approximate surface area is 99.9 Å². The van der Waals surface area contributed by atoms with Crippen LogP contribution in [-0.2, 0) is 6.42 Å². The summed E-state index contributed by atoms with van der Waals surface area (Å²) in [5.41, 5.74) is 6.75. The van der Waals surface area contributed by atoms with E-state index in [0.717, 1.165) is 22.1 Å². The fourth-order valence-corrected chi connectivity index (χ4v) is 1.84. The number of methoxy groups -OCH3 is 1. The van der Waals surface area contributed by atoms with Crippen molar-refractivity contribution in [3.8, 4) is 5.75 Å². The van der Waals surface area contributed by atoms with Crippen LogP contribution in [0.5, 0.6) is 5.75 Å². The average molecular weight is 229 g/mol. The van der Waals surface area contributed by atoms with Crippen molar-refractivity contribution in [2.75, 3.05) is 7.11 Å². The zero-order chi connectivity index (χ0) is 12.3. The maximum absolute atomic E-state index is 5.66. The van der Waals surface area contributed by atoms with Crippen LogP contribution in [0.15, 0.2) is 41.5 Å². The molecule has 4 nitrogen and oxygen atoms in total. The fraction of sp³-hybridized carbons (Fsp3) is 0.154. The molecule has 0 saturated carbocycles. The molecule has 4 heteroatoms. The highest BCUT2D eigenvalue weighted by molar-refractivity contribution is 5.92. The van der Waals surface area contributed by atoms with Gasteiger partial charge in [0.2, 0.25) is 0 Å². The summed E-state index contributed by atoms with van der Waals surface area (Å²) in [4.78, 5) is 0. The number of amidine groups is 1. The smallest absolute Gasteiger partial charge is 0.123 e. The molecular weight excluding hydrogens is 214 g/mol. The van der Waals surface area contributed by atoms with Crippen LogP contribution in [0.3, 0.4) is 0 Å². The second-order valence-electron chi connectivity index (χ2n) is 3.80. The Hall–Kier alpha value is -2.23. The third-order valence-electron chi connectivity index (χ3n) is 2.72. The molecule has 0 spiro atoms. The van der Waals surface area contributed by atoms with Gasteiger partial charge >= 0.3 is 0 Å². The van der Waals surface area contributed by atoms with E-state index in [0.29, 0.717) is 12.3 Å². The van der Waals surface area contributed by atoms with E-state index in [1.54, 1.807) is 7.11 Å². The van der Waals surface area contributed by atoms with Crippen molar-refractivity contribution in [2.45, 2.75) is 6.42 Å². The van der Waals surface area contributed by atoms with Gasteiger partial charge < -0.3 is 16.3 Å². The van der Waals surface area contributed by atoms with Gasteiger partial charge in [0.25, 0.3) is 0 Å². The van der Waals surface area contributed by atoms with Gasteiger partial charge in [-0.3, -0.25) is 0 Å². The zero-order valence-electron chi connectivity index (χ0n) is 9.68. The predicted molar refractivity (Wildman–Crippen MR) is 70.0 cm³/mol. The quantitative estimate of drug-likeness (QED) is 0.363. The van der Waals surface area contributed by atoms with Crippen molar-refractivity contribution in [1.29, 1.82) is 0 Å². The van der Waals surface area contributed by atoms with Crippen LogP contribution >= 0.6 is 0 Å². The lowest BCUT2D eigenvalue weighted by atomic mass is 10.0. The summed E-state index contributed by atoms with van der Waals surface area (Å²) in [6.07, 6.45) is 0.543. The highest BCUT2D eigenvalue weighted by Crippen LogP contribution is 2.24. The highest BCUT2D eigenvalue weighted by atomic mass is 16.5. The fourth-order valence-electron chi connectivity index (χ4n) is 1.84. The van der Waals surface area contributed by atoms with Crippen LogP contribution in [-0.4, -0.2) is 12.9 Å². The van der Waals surface area contributed by atoms with Gasteiger partial charge in [-0.15, -0.1) is 0 Å². The molecule has 0 atom stereocenters. The Morgan fingerprint density at radius 2 is 2.12 bits per heavy atom. The second-order valence-corrected chi connectivity index (χ2v) is 3.80. The number of ether oxygens (including phenoxy) is 1. The van der Waals surface area contributed by atoms with Gasteiger partial charge in [0.1, 0.15) is 11.6 Å². The van der Waals surface area contributed by atoms with Gasteiger partial charge in [-0.05, 0) is 28.5 Å². The molecule has 0 aliphatic carbocycles. The SMILES string of the molecule is COc1ccc2cccc(C/C(N)=N/N)c2c1. The van der Waals surface area contributed by atoms with Crippen molar-refractivity contribution >= 4 is 16.6 Å². The number of hydrogen-bond donors (Lipinski definition) is 2. The number of nitrogens with two attached hydrogens (primary N) is 2. The van der Waals surface area contributed by atoms with Gasteiger partial charge in [0.05, 0.1) is 7.11 Å². The molecule has 0 aliphatic heterocycles. The van der Waals surface area contributed by atoms with E-state index in [2.05, 4.69) is 5.10 Å². The zero-order valence-corrected chi connectivity index (χ0v) is 9.68. The van der Waals surface area contributed by atoms with Crippen molar-refractivity contribution in [2.24, 2.45) is 16.7 Å². The molecule has 0 unspecified atom stereocenters. The molecule has 0 fully saturated rings. The van der Waals surface area contributed by atoms with Crippen molar-refractivity contribution in [3.63, 3.8) is 0 Å². The lowest BCUT2D eigenvalue weighted by Crippen LogP contribution is -2.17. The van der Waals surface area contributed by atoms with Crippen LogP contribution < -0.4 is 16.3 Å². The standard InChI is InChI=1S/C13H15N3O/c1-17-11-6-5-9-3-2-4-10(12(9)8-11)7-13(14)16-15/h2-6,8H,7,15H2,1H3,(H2,14,16). The molecule has 0 bridgehead atoms. The molecule has 4 N–H and O–H groups in total. The Morgan fingerprint density at radius 3 is 2.82 bits per heavy atom. The van der Waals surface area contributed by atoms with E-state index >= 15 is 0 Å². The van der Waals surface area contributed by atoms with Gasteiger partial charge in [-0.1, -0.05) is 24.3 Å². The number of hydrogen-bond acceptors (Lipinski definition) is 3. The van der Waals surface area contributed by atoms with Gasteiger partial charge in [-0.25, -0.2) is 0 Å². The highest BCUT2D eigenvalue weighted by Gasteiger charge is 2.04. The number of fused-ring (bicyclic) bond motifs is 1. The topological polar surface area (TPSA) is 73.6 Å². The summed E-state index contributed by atoms with van der Waals surface area (Å²) in [6, 6.07) is 12.0. The van der Waals surface area contributed by atoms with E-state index in [9.17, 15) is 0 Å². The molecule has 2 aromatic carbocycles. The first-order chi connectivity index (χ1) is 8.24. The van der Waals surface area contributed by atoms with Crippen LogP contribution in [0.4, 0.5) is 0 Å². The molecule has 2 aromatic rings. The van der Waals surface area contributed by atoms with E-state index in [1.165, 1.54) is 0 Å². The van der Waals surface area contributed by atoms with Gasteiger partial charge in [-0.2, -0.15) is 5.10 Å². The molecule has 88 valence electrons. The summed E-state index contributed by atoms with van der Waals surface area (Å²) < 4.78 is 5.22. The molecule has 0 amide bonds. The second kappa shape index (κ2) is 4.74. The molecule has 0 heterocycles. The lowest BCUT2D eigenvalue weighted by Gasteiger charge is -2.07. The molecular formula is C13H15N3O. The summed E-state index contributed by atoms with van der Waals surface area (Å²) in [7, 11) is 1.65. The third-order valence-corrected chi connectivity index (χ3v) is 2.72. The monoisotopic (exact) mass is 229 g/mol. The molecule has 0 aromatic heterocycles. The van der Waals surface area contributed by atoms with Crippen LogP contribution in [0.1, 0.15) is 5.56 Å². The maximum Gasteiger partial charge on any atom is 0.123 e. The lowest BCUT2D eigenvalue weighted by molar-refractivity contribution is 0.415. The number of nitrogens with zero attached hydrogens (tertiary/aromatic N) is 1. The Balaban J connectivity index is 2.54. The Kier molecular flexibility index (Phi) is 3.14. The van der Waals surface area contributed by atoms with Crippen LogP contribution in [0.25, 0.3) is 10.8 Å². The number of hydrazone groups is 1. The Bertz CT molecular complexity index is 564. The van der Waals surface area contributed by atoms with E-state index in [4.69, 9.17) is 16.3 Å². The minimum atomic E-state index is 0.417.